The lowest BCUT2D eigenvalue weighted by Gasteiger charge is -2.31. The van der Waals surface area contributed by atoms with E-state index in [1.54, 1.807) is 0 Å². The van der Waals surface area contributed by atoms with Crippen LogP contribution < -0.4 is 0 Å². The molecular weight excluding hydrogens is 190 g/mol. The second-order valence-electron chi connectivity index (χ2n) is 5.35. The third kappa shape index (κ3) is 1.40. The average Bonchev–Trinajstić information content (AvgIpc) is 2.90. The van der Waals surface area contributed by atoms with Gasteiger partial charge < -0.3 is 5.11 Å². The average molecular weight is 209 g/mol. The molecule has 2 atom stereocenters. The zero-order chi connectivity index (χ0) is 10.4. The van der Waals surface area contributed by atoms with Crippen LogP contribution in [0.25, 0.3) is 0 Å². The first kappa shape index (κ1) is 9.64. The number of carboxylic acid groups (broad SMARTS) is 1. The van der Waals surface area contributed by atoms with Gasteiger partial charge >= 0.3 is 5.97 Å². The Hall–Kier alpha value is -0.570. The van der Waals surface area contributed by atoms with Crippen LogP contribution in [0.3, 0.4) is 0 Å². The van der Waals surface area contributed by atoms with Gasteiger partial charge in [0.15, 0.2) is 0 Å². The molecule has 3 heteroatoms. The Kier molecular flexibility index (Phi) is 2.23. The van der Waals surface area contributed by atoms with E-state index in [1.807, 2.05) is 0 Å². The monoisotopic (exact) mass is 209 g/mol. The molecule has 3 rings (SSSR count). The highest BCUT2D eigenvalue weighted by Gasteiger charge is 2.47. The van der Waals surface area contributed by atoms with Gasteiger partial charge in [-0.25, -0.2) is 0 Å². The van der Waals surface area contributed by atoms with Crippen molar-refractivity contribution >= 4 is 5.97 Å². The summed E-state index contributed by atoms with van der Waals surface area (Å²) in [4.78, 5) is 13.8. The summed E-state index contributed by atoms with van der Waals surface area (Å²) in [5.74, 6) is -0.644. The third-order valence-electron chi connectivity index (χ3n) is 4.69. The topological polar surface area (TPSA) is 40.5 Å². The molecule has 3 nitrogen and oxygen atoms in total. The van der Waals surface area contributed by atoms with E-state index in [2.05, 4.69) is 4.90 Å². The molecule has 0 aromatic heterocycles. The van der Waals surface area contributed by atoms with E-state index < -0.39 is 5.97 Å². The van der Waals surface area contributed by atoms with Gasteiger partial charge in [-0.3, -0.25) is 9.69 Å². The van der Waals surface area contributed by atoms with Gasteiger partial charge in [-0.1, -0.05) is 6.42 Å². The molecule has 0 aromatic rings. The first-order valence-corrected chi connectivity index (χ1v) is 6.27. The molecule has 2 saturated heterocycles. The highest BCUT2D eigenvalue weighted by Crippen LogP contribution is 2.44. The number of nitrogens with zero attached hydrogens (tertiary/aromatic N) is 1. The fourth-order valence-corrected chi connectivity index (χ4v) is 4.08. The summed E-state index contributed by atoms with van der Waals surface area (Å²) in [5, 5.41) is 9.21. The second-order valence-corrected chi connectivity index (χ2v) is 5.35. The highest BCUT2D eigenvalue weighted by atomic mass is 16.4. The predicted octanol–water partition coefficient (Wildman–Crippen LogP) is 1.87. The van der Waals surface area contributed by atoms with Crippen molar-refractivity contribution in [2.45, 2.75) is 63.1 Å². The highest BCUT2D eigenvalue weighted by molar-refractivity contribution is 5.71. The molecule has 2 heterocycles. The Morgan fingerprint density at radius 2 is 1.60 bits per heavy atom. The van der Waals surface area contributed by atoms with Crippen LogP contribution >= 0.6 is 0 Å². The van der Waals surface area contributed by atoms with Crippen LogP contribution in [0.4, 0.5) is 0 Å². The minimum Gasteiger partial charge on any atom is -0.481 e. The number of hydrogen-bond acceptors (Lipinski definition) is 2. The van der Waals surface area contributed by atoms with Crippen molar-refractivity contribution in [3.8, 4) is 0 Å². The van der Waals surface area contributed by atoms with Gasteiger partial charge in [0, 0.05) is 18.1 Å². The van der Waals surface area contributed by atoms with Gasteiger partial charge in [0.1, 0.15) is 0 Å². The van der Waals surface area contributed by atoms with Crippen molar-refractivity contribution in [2.75, 3.05) is 0 Å². The molecule has 84 valence electrons. The number of carboxylic acids is 1. The Labute approximate surface area is 90.5 Å². The molecule has 1 N–H and O–H groups in total. The zero-order valence-corrected chi connectivity index (χ0v) is 9.06. The quantitative estimate of drug-likeness (QED) is 0.754. The van der Waals surface area contributed by atoms with Crippen LogP contribution in [-0.4, -0.2) is 34.1 Å². The fraction of sp³-hybridized carbons (Fsp3) is 0.917. The van der Waals surface area contributed by atoms with Crippen molar-refractivity contribution in [1.29, 1.82) is 0 Å². The van der Waals surface area contributed by atoms with Crippen LogP contribution in [0.2, 0.25) is 0 Å². The number of rotatable bonds is 2. The standard InChI is InChI=1S/C12H19NO2/c14-12(15)10-2-1-3-11(10)13-8-4-5-9(13)7-6-8/h8-11H,1-7H2,(H,14,15). The maximum absolute atomic E-state index is 11.2. The molecule has 1 saturated carbocycles. The van der Waals surface area contributed by atoms with E-state index in [0.29, 0.717) is 6.04 Å². The van der Waals surface area contributed by atoms with Gasteiger partial charge in [0.25, 0.3) is 0 Å². The van der Waals surface area contributed by atoms with Crippen molar-refractivity contribution < 1.29 is 9.90 Å². The Morgan fingerprint density at radius 1 is 1.00 bits per heavy atom. The minimum atomic E-state index is -0.566. The van der Waals surface area contributed by atoms with Gasteiger partial charge in [-0.2, -0.15) is 0 Å². The molecule has 0 aromatic carbocycles. The molecule has 0 radical (unpaired) electrons. The first-order chi connectivity index (χ1) is 7.27. The normalized spacial score (nSPS) is 45.1. The smallest absolute Gasteiger partial charge is 0.308 e. The van der Waals surface area contributed by atoms with E-state index in [9.17, 15) is 9.90 Å². The fourth-order valence-electron chi connectivity index (χ4n) is 4.08. The van der Waals surface area contributed by atoms with Gasteiger partial charge in [0.05, 0.1) is 5.92 Å². The molecule has 3 aliphatic rings. The minimum absolute atomic E-state index is 0.0776. The zero-order valence-electron chi connectivity index (χ0n) is 9.06. The number of hydrogen-bond donors (Lipinski definition) is 1. The molecule has 1 aliphatic carbocycles. The van der Waals surface area contributed by atoms with E-state index >= 15 is 0 Å². The first-order valence-electron chi connectivity index (χ1n) is 6.27. The van der Waals surface area contributed by atoms with Crippen LogP contribution in [-0.2, 0) is 4.79 Å². The summed E-state index contributed by atoms with van der Waals surface area (Å²) in [6.45, 7) is 0. The largest absolute Gasteiger partial charge is 0.481 e. The maximum Gasteiger partial charge on any atom is 0.308 e. The number of carbonyl (C=O) groups is 1. The molecule has 0 amide bonds. The van der Waals surface area contributed by atoms with E-state index in [0.717, 1.165) is 31.3 Å². The van der Waals surface area contributed by atoms with Gasteiger partial charge in [0.2, 0.25) is 0 Å². The molecular formula is C12H19NO2. The second kappa shape index (κ2) is 3.48. The summed E-state index contributed by atoms with van der Waals surface area (Å²) in [7, 11) is 0. The Morgan fingerprint density at radius 3 is 2.13 bits per heavy atom. The summed E-state index contributed by atoms with van der Waals surface area (Å²) in [5.41, 5.74) is 0. The molecule has 0 spiro atoms. The summed E-state index contributed by atoms with van der Waals surface area (Å²) in [6, 6.07) is 1.81. The van der Waals surface area contributed by atoms with Crippen molar-refractivity contribution in [3.63, 3.8) is 0 Å². The van der Waals surface area contributed by atoms with Gasteiger partial charge in [-0.05, 0) is 38.5 Å². The SMILES string of the molecule is O=C(O)C1CCCC1N1C2CCC1CC2. The Balaban J connectivity index is 1.79. The van der Waals surface area contributed by atoms with Gasteiger partial charge in [-0.15, -0.1) is 0 Å². The lowest BCUT2D eigenvalue weighted by molar-refractivity contribution is -0.143. The predicted molar refractivity (Wildman–Crippen MR) is 56.6 cm³/mol. The van der Waals surface area contributed by atoms with Crippen LogP contribution in [0.15, 0.2) is 0 Å². The molecule has 15 heavy (non-hydrogen) atoms. The summed E-state index contributed by atoms with van der Waals surface area (Å²) >= 11 is 0. The molecule has 2 unspecified atom stereocenters. The van der Waals surface area contributed by atoms with E-state index in [4.69, 9.17) is 0 Å². The molecule has 2 aliphatic heterocycles. The van der Waals surface area contributed by atoms with Crippen molar-refractivity contribution in [2.24, 2.45) is 5.92 Å². The Bertz CT molecular complexity index is 259. The number of fused-ring (bicyclic) bond motifs is 2. The van der Waals surface area contributed by atoms with E-state index in [-0.39, 0.29) is 5.92 Å². The molecule has 2 bridgehead atoms. The third-order valence-corrected chi connectivity index (χ3v) is 4.69. The van der Waals surface area contributed by atoms with E-state index in [1.165, 1.54) is 25.7 Å². The van der Waals surface area contributed by atoms with Crippen molar-refractivity contribution in [1.82, 2.24) is 4.90 Å². The van der Waals surface area contributed by atoms with Crippen LogP contribution in [0.5, 0.6) is 0 Å². The summed E-state index contributed by atoms with van der Waals surface area (Å²) < 4.78 is 0. The maximum atomic E-state index is 11.2. The van der Waals surface area contributed by atoms with Crippen LogP contribution in [0, 0.1) is 5.92 Å². The lowest BCUT2D eigenvalue weighted by Crippen LogP contribution is -2.43. The van der Waals surface area contributed by atoms with Crippen LogP contribution in [0.1, 0.15) is 44.9 Å². The summed E-state index contributed by atoms with van der Waals surface area (Å²) in [6.07, 6.45) is 8.37. The lowest BCUT2D eigenvalue weighted by atomic mass is 10.0. The number of aliphatic carboxylic acids is 1. The van der Waals surface area contributed by atoms with Crippen molar-refractivity contribution in [3.05, 3.63) is 0 Å². The molecule has 3 fully saturated rings.